The number of H-pyrrole nitrogens is 1. The van der Waals surface area contributed by atoms with Crippen LogP contribution < -0.4 is 15.6 Å². The first-order valence-electron chi connectivity index (χ1n) is 7.16. The van der Waals surface area contributed by atoms with E-state index in [1.165, 1.54) is 6.92 Å². The molecule has 0 aliphatic rings. The van der Waals surface area contributed by atoms with E-state index in [1.807, 2.05) is 0 Å². The van der Waals surface area contributed by atoms with Gasteiger partial charge in [-0.3, -0.25) is 14.4 Å². The average Bonchev–Trinajstić information content (AvgIpc) is 2.48. The lowest BCUT2D eigenvalue weighted by Crippen LogP contribution is -2.22. The summed E-state index contributed by atoms with van der Waals surface area (Å²) in [6.07, 6.45) is -0.381. The van der Waals surface area contributed by atoms with Crippen molar-refractivity contribution in [3.63, 3.8) is 0 Å². The van der Waals surface area contributed by atoms with Gasteiger partial charge in [0.2, 0.25) is 5.91 Å². The predicted molar refractivity (Wildman–Crippen MR) is 86.0 cm³/mol. The van der Waals surface area contributed by atoms with Crippen LogP contribution in [-0.2, 0) is 22.6 Å². The molecule has 2 aromatic rings. The molecule has 0 fully saturated rings. The minimum Gasteiger partial charge on any atom is -0.486 e. The molecule has 0 bridgehead atoms. The van der Waals surface area contributed by atoms with Crippen molar-refractivity contribution >= 4 is 17.6 Å². The van der Waals surface area contributed by atoms with Crippen molar-refractivity contribution in [3.8, 4) is 5.75 Å². The molecule has 1 heterocycles. The number of aliphatic carboxylic acids is 1. The van der Waals surface area contributed by atoms with Crippen LogP contribution in [-0.4, -0.2) is 27.0 Å². The van der Waals surface area contributed by atoms with E-state index < -0.39 is 11.5 Å². The molecule has 0 spiro atoms. The Morgan fingerprint density at radius 2 is 2.12 bits per heavy atom. The van der Waals surface area contributed by atoms with Crippen LogP contribution in [0.5, 0.6) is 5.75 Å². The van der Waals surface area contributed by atoms with Crippen molar-refractivity contribution in [1.29, 1.82) is 0 Å². The Morgan fingerprint density at radius 3 is 2.75 bits per heavy atom. The minimum atomic E-state index is -1.09. The van der Waals surface area contributed by atoms with Crippen LogP contribution in [0.15, 0.2) is 29.1 Å². The first kappa shape index (κ1) is 17.2. The molecule has 0 atom stereocenters. The van der Waals surface area contributed by atoms with Gasteiger partial charge in [-0.1, -0.05) is 6.07 Å². The van der Waals surface area contributed by atoms with Crippen molar-refractivity contribution in [2.24, 2.45) is 0 Å². The Bertz CT molecular complexity index is 829. The lowest BCUT2D eigenvalue weighted by atomic mass is 10.2. The number of aryl methyl sites for hydroxylation is 1. The highest BCUT2D eigenvalue weighted by atomic mass is 16.5. The SMILES string of the molecule is CC(=O)Nc1cccc(OCc2nc(C)c(CC(=O)O)c(=O)[nH]2)c1. The molecule has 24 heavy (non-hydrogen) atoms. The summed E-state index contributed by atoms with van der Waals surface area (Å²) < 4.78 is 5.54. The number of amides is 1. The number of hydrogen-bond donors (Lipinski definition) is 3. The zero-order chi connectivity index (χ0) is 17.7. The van der Waals surface area contributed by atoms with Gasteiger partial charge in [0.05, 0.1) is 6.42 Å². The smallest absolute Gasteiger partial charge is 0.308 e. The molecular formula is C16H17N3O5. The van der Waals surface area contributed by atoms with E-state index in [2.05, 4.69) is 15.3 Å². The highest BCUT2D eigenvalue weighted by Gasteiger charge is 2.12. The molecule has 0 saturated carbocycles. The van der Waals surface area contributed by atoms with E-state index in [9.17, 15) is 14.4 Å². The van der Waals surface area contributed by atoms with Gasteiger partial charge in [0.25, 0.3) is 5.56 Å². The van der Waals surface area contributed by atoms with E-state index in [4.69, 9.17) is 9.84 Å². The summed E-state index contributed by atoms with van der Waals surface area (Å²) in [7, 11) is 0. The van der Waals surface area contributed by atoms with Crippen LogP contribution in [0.4, 0.5) is 5.69 Å². The summed E-state index contributed by atoms with van der Waals surface area (Å²) >= 11 is 0. The van der Waals surface area contributed by atoms with Gasteiger partial charge in [-0.15, -0.1) is 0 Å². The lowest BCUT2D eigenvalue weighted by molar-refractivity contribution is -0.136. The minimum absolute atomic E-state index is 0.00690. The molecule has 1 aromatic carbocycles. The van der Waals surface area contributed by atoms with Gasteiger partial charge in [0.1, 0.15) is 18.2 Å². The molecule has 3 N–H and O–H groups in total. The van der Waals surface area contributed by atoms with E-state index in [0.717, 1.165) is 0 Å². The number of benzene rings is 1. The van der Waals surface area contributed by atoms with Gasteiger partial charge in [0.15, 0.2) is 0 Å². The Balaban J connectivity index is 2.11. The number of anilines is 1. The zero-order valence-electron chi connectivity index (χ0n) is 13.3. The fourth-order valence-corrected chi connectivity index (χ4v) is 2.12. The number of carbonyl (C=O) groups is 2. The second-order valence-corrected chi connectivity index (χ2v) is 5.14. The highest BCUT2D eigenvalue weighted by molar-refractivity contribution is 5.88. The van der Waals surface area contributed by atoms with Crippen molar-refractivity contribution in [2.45, 2.75) is 26.9 Å². The number of aromatic amines is 1. The van der Waals surface area contributed by atoms with Crippen molar-refractivity contribution in [1.82, 2.24) is 9.97 Å². The van der Waals surface area contributed by atoms with Crippen LogP contribution in [0.25, 0.3) is 0 Å². The predicted octanol–water partition coefficient (Wildman–Crippen LogP) is 1.24. The van der Waals surface area contributed by atoms with Crippen LogP contribution in [0.2, 0.25) is 0 Å². The maximum absolute atomic E-state index is 11.9. The maximum atomic E-state index is 11.9. The molecule has 8 nitrogen and oxygen atoms in total. The fraction of sp³-hybridized carbons (Fsp3) is 0.250. The zero-order valence-corrected chi connectivity index (χ0v) is 13.3. The van der Waals surface area contributed by atoms with E-state index in [-0.39, 0.29) is 30.3 Å². The van der Waals surface area contributed by atoms with Crippen LogP contribution in [0.3, 0.4) is 0 Å². The standard InChI is InChI=1S/C16H17N3O5/c1-9-13(7-15(21)22)16(23)19-14(17-9)8-24-12-5-3-4-11(6-12)18-10(2)20/h3-6H,7-8H2,1-2H3,(H,18,20)(H,21,22)(H,17,19,23). The third-order valence-corrected chi connectivity index (χ3v) is 3.13. The van der Waals surface area contributed by atoms with E-state index >= 15 is 0 Å². The molecule has 0 unspecified atom stereocenters. The van der Waals surface area contributed by atoms with Gasteiger partial charge in [-0.05, 0) is 19.1 Å². The summed E-state index contributed by atoms with van der Waals surface area (Å²) in [5, 5.41) is 11.4. The maximum Gasteiger partial charge on any atom is 0.308 e. The van der Waals surface area contributed by atoms with Crippen molar-refractivity contribution in [3.05, 3.63) is 51.7 Å². The summed E-state index contributed by atoms with van der Waals surface area (Å²) in [5.41, 5.74) is 0.579. The molecule has 1 amide bonds. The summed E-state index contributed by atoms with van der Waals surface area (Å²) in [4.78, 5) is 40.4. The van der Waals surface area contributed by atoms with Gasteiger partial charge < -0.3 is 20.1 Å². The molecule has 1 aromatic heterocycles. The Labute approximate surface area is 137 Å². The molecule has 8 heteroatoms. The first-order valence-corrected chi connectivity index (χ1v) is 7.16. The number of nitrogens with one attached hydrogen (secondary N) is 2. The van der Waals surface area contributed by atoms with Gasteiger partial charge in [-0.25, -0.2) is 4.98 Å². The number of ether oxygens (including phenoxy) is 1. The van der Waals surface area contributed by atoms with Crippen molar-refractivity contribution < 1.29 is 19.4 Å². The molecular weight excluding hydrogens is 314 g/mol. The second kappa shape index (κ2) is 7.40. The molecule has 0 saturated heterocycles. The van der Waals surface area contributed by atoms with Gasteiger partial charge >= 0.3 is 5.97 Å². The summed E-state index contributed by atoms with van der Waals surface area (Å²) in [5.74, 6) is -0.500. The van der Waals surface area contributed by atoms with E-state index in [1.54, 1.807) is 31.2 Å². The second-order valence-electron chi connectivity index (χ2n) is 5.14. The van der Waals surface area contributed by atoms with Crippen molar-refractivity contribution in [2.75, 3.05) is 5.32 Å². The number of carboxylic acids is 1. The molecule has 0 aliphatic heterocycles. The number of carboxylic acid groups (broad SMARTS) is 1. The molecule has 2 rings (SSSR count). The number of nitrogens with zero attached hydrogens (tertiary/aromatic N) is 1. The molecule has 126 valence electrons. The summed E-state index contributed by atoms with van der Waals surface area (Å²) in [6.45, 7) is 2.99. The lowest BCUT2D eigenvalue weighted by Gasteiger charge is -2.09. The van der Waals surface area contributed by atoms with Gasteiger partial charge in [-0.2, -0.15) is 0 Å². The Hall–Kier alpha value is -3.16. The summed E-state index contributed by atoms with van der Waals surface area (Å²) in [6, 6.07) is 6.79. The number of aromatic nitrogens is 2. The molecule has 0 radical (unpaired) electrons. The Morgan fingerprint density at radius 1 is 1.38 bits per heavy atom. The fourth-order valence-electron chi connectivity index (χ4n) is 2.12. The van der Waals surface area contributed by atoms with E-state index in [0.29, 0.717) is 17.1 Å². The highest BCUT2D eigenvalue weighted by Crippen LogP contribution is 2.18. The van der Waals surface area contributed by atoms with Crippen LogP contribution in [0.1, 0.15) is 24.0 Å². The first-order chi connectivity index (χ1) is 11.3. The third-order valence-electron chi connectivity index (χ3n) is 3.13. The average molecular weight is 331 g/mol. The monoisotopic (exact) mass is 331 g/mol. The third kappa shape index (κ3) is 4.67. The molecule has 0 aliphatic carbocycles. The van der Waals surface area contributed by atoms with Gasteiger partial charge in [0, 0.05) is 29.9 Å². The largest absolute Gasteiger partial charge is 0.486 e. The number of hydrogen-bond acceptors (Lipinski definition) is 5. The normalized spacial score (nSPS) is 10.2. The topological polar surface area (TPSA) is 121 Å². The van der Waals surface area contributed by atoms with Crippen LogP contribution in [0, 0.1) is 6.92 Å². The quantitative estimate of drug-likeness (QED) is 0.732. The Kier molecular flexibility index (Phi) is 5.31. The number of carbonyl (C=O) groups excluding carboxylic acids is 1. The van der Waals surface area contributed by atoms with Crippen LogP contribution >= 0.6 is 0 Å². The number of rotatable bonds is 6.